The molecule has 1 aliphatic carbocycles. The Balaban J connectivity index is 1.65. The lowest BCUT2D eigenvalue weighted by Gasteiger charge is -2.08. The molecule has 3 aromatic carbocycles. The lowest BCUT2D eigenvalue weighted by molar-refractivity contribution is -0.384. The van der Waals surface area contributed by atoms with Gasteiger partial charge in [-0.2, -0.15) is 0 Å². The van der Waals surface area contributed by atoms with Gasteiger partial charge in [-0.15, -0.1) is 0 Å². The normalized spacial score (nSPS) is 13.2. The zero-order chi connectivity index (χ0) is 17.4. The van der Waals surface area contributed by atoms with Crippen molar-refractivity contribution in [2.45, 2.75) is 12.8 Å². The summed E-state index contributed by atoms with van der Waals surface area (Å²) in [5, 5.41) is 16.1. The fourth-order valence-electron chi connectivity index (χ4n) is 3.30. The van der Waals surface area contributed by atoms with E-state index in [-0.39, 0.29) is 11.6 Å². The molecule has 0 saturated carbocycles. The number of aryl methyl sites for hydroxylation is 2. The highest BCUT2D eigenvalue weighted by molar-refractivity contribution is 6.02. The Hall–Kier alpha value is -3.41. The van der Waals surface area contributed by atoms with Crippen LogP contribution in [0.2, 0.25) is 0 Å². The molecule has 0 fully saturated rings. The van der Waals surface area contributed by atoms with Crippen molar-refractivity contribution < 1.29 is 4.92 Å². The minimum absolute atomic E-state index is 0.0357. The van der Waals surface area contributed by atoms with E-state index in [1.54, 1.807) is 12.1 Å². The number of guanidine groups is 1. The summed E-state index contributed by atoms with van der Waals surface area (Å²) < 4.78 is 0. The van der Waals surface area contributed by atoms with Gasteiger partial charge in [-0.3, -0.25) is 10.1 Å². The number of benzene rings is 3. The van der Waals surface area contributed by atoms with E-state index in [1.807, 2.05) is 12.1 Å². The van der Waals surface area contributed by atoms with Gasteiger partial charge in [0.25, 0.3) is 5.69 Å². The number of anilines is 1. The maximum Gasteiger partial charge on any atom is 0.269 e. The van der Waals surface area contributed by atoms with Gasteiger partial charge in [-0.05, 0) is 47.6 Å². The summed E-state index contributed by atoms with van der Waals surface area (Å²) in [5.74, 6) is 0.243. The Bertz CT molecular complexity index is 1000. The highest BCUT2D eigenvalue weighted by atomic mass is 16.6. The predicted molar refractivity (Wildman–Crippen MR) is 99.4 cm³/mol. The van der Waals surface area contributed by atoms with Gasteiger partial charge in [-0.1, -0.05) is 24.3 Å². The van der Waals surface area contributed by atoms with Crippen LogP contribution < -0.4 is 11.1 Å². The largest absolute Gasteiger partial charge is 0.369 e. The van der Waals surface area contributed by atoms with Crippen LogP contribution in [0.4, 0.5) is 17.1 Å². The van der Waals surface area contributed by atoms with Crippen LogP contribution in [-0.2, 0) is 12.8 Å². The van der Waals surface area contributed by atoms with Crippen LogP contribution >= 0.6 is 0 Å². The van der Waals surface area contributed by atoms with Crippen LogP contribution in [-0.4, -0.2) is 10.9 Å². The molecule has 0 aromatic heterocycles. The minimum atomic E-state index is -0.437. The SMILES string of the molecule is NC(=Nc1ccc2c3c(cccc13)CC2)Nc1ccc([N+](=O)[O-])cc1. The average Bonchev–Trinajstić information content (AvgIpc) is 3.03. The molecule has 25 heavy (non-hydrogen) atoms. The number of aliphatic imine (C=N–C) groups is 1. The maximum absolute atomic E-state index is 10.7. The molecule has 1 aliphatic rings. The van der Waals surface area contributed by atoms with Gasteiger partial charge in [0.05, 0.1) is 10.6 Å². The molecule has 4 rings (SSSR count). The number of nitrogens with two attached hydrogens (primary N) is 1. The molecule has 0 spiro atoms. The average molecular weight is 332 g/mol. The van der Waals surface area contributed by atoms with Crippen molar-refractivity contribution in [1.82, 2.24) is 0 Å². The van der Waals surface area contributed by atoms with Crippen LogP contribution in [0.1, 0.15) is 11.1 Å². The molecule has 0 heterocycles. The second-order valence-corrected chi connectivity index (χ2v) is 6.01. The van der Waals surface area contributed by atoms with E-state index in [4.69, 9.17) is 5.73 Å². The van der Waals surface area contributed by atoms with Crippen molar-refractivity contribution in [2.24, 2.45) is 10.7 Å². The lowest BCUT2D eigenvalue weighted by Crippen LogP contribution is -2.21. The van der Waals surface area contributed by atoms with Gasteiger partial charge in [0.1, 0.15) is 0 Å². The van der Waals surface area contributed by atoms with E-state index in [0.717, 1.165) is 23.9 Å². The lowest BCUT2D eigenvalue weighted by atomic mass is 10.0. The smallest absolute Gasteiger partial charge is 0.269 e. The summed E-state index contributed by atoms with van der Waals surface area (Å²) in [6, 6.07) is 16.4. The zero-order valence-electron chi connectivity index (χ0n) is 13.4. The second kappa shape index (κ2) is 5.90. The Labute approximate surface area is 144 Å². The van der Waals surface area contributed by atoms with Crippen molar-refractivity contribution in [2.75, 3.05) is 5.32 Å². The molecule has 3 N–H and O–H groups in total. The Morgan fingerprint density at radius 1 is 1.04 bits per heavy atom. The molecule has 3 aromatic rings. The van der Waals surface area contributed by atoms with Gasteiger partial charge in [0, 0.05) is 23.2 Å². The molecule has 0 aliphatic heterocycles. The first-order valence-electron chi connectivity index (χ1n) is 8.01. The fourth-order valence-corrected chi connectivity index (χ4v) is 3.30. The summed E-state index contributed by atoms with van der Waals surface area (Å²) in [6.45, 7) is 0. The molecule has 0 amide bonds. The number of non-ortho nitro benzene ring substituents is 1. The molecule has 0 bridgehead atoms. The van der Waals surface area contributed by atoms with E-state index in [9.17, 15) is 10.1 Å². The Kier molecular flexibility index (Phi) is 3.57. The maximum atomic E-state index is 10.7. The number of hydrogen-bond donors (Lipinski definition) is 2. The van der Waals surface area contributed by atoms with E-state index < -0.39 is 4.92 Å². The molecule has 6 nitrogen and oxygen atoms in total. The summed E-state index contributed by atoms with van der Waals surface area (Å²) in [5.41, 5.74) is 10.2. The number of nitrogens with one attached hydrogen (secondary N) is 1. The van der Waals surface area contributed by atoms with Crippen molar-refractivity contribution in [1.29, 1.82) is 0 Å². The van der Waals surface area contributed by atoms with Gasteiger partial charge < -0.3 is 11.1 Å². The molecule has 6 heteroatoms. The number of rotatable bonds is 3. The van der Waals surface area contributed by atoms with Crippen molar-refractivity contribution in [3.8, 4) is 0 Å². The van der Waals surface area contributed by atoms with Crippen molar-refractivity contribution in [3.05, 3.63) is 75.8 Å². The predicted octanol–water partition coefficient (Wildman–Crippen LogP) is 3.90. The topological polar surface area (TPSA) is 93.5 Å². The molecule has 124 valence electrons. The van der Waals surface area contributed by atoms with Crippen LogP contribution in [0, 0.1) is 10.1 Å². The third-order valence-electron chi connectivity index (χ3n) is 4.45. The number of nitro benzene ring substituents is 1. The molecular formula is C19H16N4O2. The van der Waals surface area contributed by atoms with Gasteiger partial charge in [0.2, 0.25) is 0 Å². The number of nitrogens with zero attached hydrogens (tertiary/aromatic N) is 2. The van der Waals surface area contributed by atoms with E-state index in [1.165, 1.54) is 28.6 Å². The highest BCUT2D eigenvalue weighted by Crippen LogP contribution is 2.36. The van der Waals surface area contributed by atoms with Crippen molar-refractivity contribution in [3.63, 3.8) is 0 Å². The van der Waals surface area contributed by atoms with E-state index in [0.29, 0.717) is 5.69 Å². The summed E-state index contributed by atoms with van der Waals surface area (Å²) in [7, 11) is 0. The Morgan fingerprint density at radius 2 is 1.76 bits per heavy atom. The standard InChI is InChI=1S/C19H16N4O2/c20-19(21-14-7-9-15(10-8-14)23(24)25)22-17-11-6-13-5-4-12-2-1-3-16(17)18(12)13/h1-3,6-11H,4-5H2,(H3,20,21,22). The first-order chi connectivity index (χ1) is 12.1. The molecule has 0 radical (unpaired) electrons. The number of nitro groups is 1. The van der Waals surface area contributed by atoms with E-state index >= 15 is 0 Å². The summed E-state index contributed by atoms with van der Waals surface area (Å²) >= 11 is 0. The fraction of sp³-hybridized carbons (Fsp3) is 0.105. The third-order valence-corrected chi connectivity index (χ3v) is 4.45. The van der Waals surface area contributed by atoms with E-state index in [2.05, 4.69) is 28.5 Å². The van der Waals surface area contributed by atoms with Crippen LogP contribution in [0.3, 0.4) is 0 Å². The monoisotopic (exact) mass is 332 g/mol. The first-order valence-corrected chi connectivity index (χ1v) is 8.01. The van der Waals surface area contributed by atoms with Gasteiger partial charge in [-0.25, -0.2) is 4.99 Å². The number of hydrogen-bond acceptors (Lipinski definition) is 3. The van der Waals surface area contributed by atoms with Crippen LogP contribution in [0.5, 0.6) is 0 Å². The molecule has 0 unspecified atom stereocenters. The zero-order valence-corrected chi connectivity index (χ0v) is 13.4. The molecule has 0 atom stereocenters. The highest BCUT2D eigenvalue weighted by Gasteiger charge is 2.15. The minimum Gasteiger partial charge on any atom is -0.369 e. The van der Waals surface area contributed by atoms with Gasteiger partial charge >= 0.3 is 0 Å². The van der Waals surface area contributed by atoms with Crippen molar-refractivity contribution >= 4 is 33.8 Å². The third kappa shape index (κ3) is 2.78. The first kappa shape index (κ1) is 15.1. The summed E-state index contributed by atoms with van der Waals surface area (Å²) in [6.07, 6.45) is 2.13. The second-order valence-electron chi connectivity index (χ2n) is 6.01. The molecular weight excluding hydrogens is 316 g/mol. The van der Waals surface area contributed by atoms with Crippen LogP contribution in [0.15, 0.2) is 59.6 Å². The summed E-state index contributed by atoms with van der Waals surface area (Å²) in [4.78, 5) is 14.8. The quantitative estimate of drug-likeness (QED) is 0.329. The Morgan fingerprint density at radius 3 is 2.48 bits per heavy atom. The molecule has 0 saturated heterocycles. The van der Waals surface area contributed by atoms with Crippen LogP contribution in [0.25, 0.3) is 10.8 Å². The van der Waals surface area contributed by atoms with Gasteiger partial charge in [0.15, 0.2) is 5.96 Å².